The van der Waals surface area contributed by atoms with Crippen molar-refractivity contribution in [3.8, 4) is 5.69 Å². The van der Waals surface area contributed by atoms with Crippen LogP contribution in [-0.2, 0) is 24.0 Å². The van der Waals surface area contributed by atoms with Crippen molar-refractivity contribution < 1.29 is 18.9 Å². The quantitative estimate of drug-likeness (QED) is 0.137. The van der Waals surface area contributed by atoms with Gasteiger partial charge >= 0.3 is 0 Å². The highest BCUT2D eigenvalue weighted by Crippen LogP contribution is 2.30. The smallest absolute Gasteiger partial charge is 0.274 e. The highest BCUT2D eigenvalue weighted by Gasteiger charge is 2.32. The zero-order valence-corrected chi connectivity index (χ0v) is 29.8. The second-order valence-corrected chi connectivity index (χ2v) is 14.1. The lowest BCUT2D eigenvalue weighted by Gasteiger charge is -2.36. The van der Waals surface area contributed by atoms with Gasteiger partial charge in [0.15, 0.2) is 16.7 Å². The third-order valence-corrected chi connectivity index (χ3v) is 10.6. The van der Waals surface area contributed by atoms with E-state index in [9.17, 15) is 18.9 Å². The first kappa shape index (κ1) is 35.0. The number of aryl methyl sites for hydroxylation is 1. The van der Waals surface area contributed by atoms with Crippen LogP contribution in [0.25, 0.3) is 16.5 Å². The van der Waals surface area contributed by atoms with Gasteiger partial charge in [-0.1, -0.05) is 87.4 Å². The molecule has 50 heavy (non-hydrogen) atoms. The molecule has 2 heterocycles. The van der Waals surface area contributed by atoms with Crippen LogP contribution in [0, 0.1) is 6.92 Å². The molecule has 1 aliphatic rings. The Labute approximate surface area is 296 Å². The molecule has 0 spiro atoms. The number of hydrogen-bond acceptors (Lipinski definition) is 5. The number of rotatable bonds is 13. The molecule has 10 heteroatoms. The van der Waals surface area contributed by atoms with Crippen molar-refractivity contribution in [2.45, 2.75) is 70.4 Å². The number of carbonyl (C=O) groups excluding carboxylic acids is 2. The molecule has 0 radical (unpaired) electrons. The summed E-state index contributed by atoms with van der Waals surface area (Å²) in [5.41, 5.74) is 4.48. The maximum absolute atomic E-state index is 14.6. The third-order valence-electron chi connectivity index (χ3n) is 9.40. The lowest BCUT2D eigenvalue weighted by Crippen LogP contribution is -2.46. The fraction of sp³-hybridized carbons (Fsp3) is 0.325. The molecule has 1 unspecified atom stereocenters. The van der Waals surface area contributed by atoms with E-state index in [0.29, 0.717) is 59.3 Å². The Bertz CT molecular complexity index is 2010. The van der Waals surface area contributed by atoms with Gasteiger partial charge in [-0.25, -0.2) is 8.89 Å². The van der Waals surface area contributed by atoms with Crippen LogP contribution in [0.5, 0.6) is 0 Å². The fourth-order valence-electron chi connectivity index (χ4n) is 6.62. The van der Waals surface area contributed by atoms with Crippen LogP contribution in [0.4, 0.5) is 5.69 Å². The first-order chi connectivity index (χ1) is 24.3. The van der Waals surface area contributed by atoms with Crippen molar-refractivity contribution in [3.63, 3.8) is 0 Å². The Kier molecular flexibility index (Phi) is 11.1. The zero-order chi connectivity index (χ0) is 35.2. The van der Waals surface area contributed by atoms with E-state index >= 15 is 0 Å². The first-order valence-corrected chi connectivity index (χ1v) is 18.6. The van der Waals surface area contributed by atoms with E-state index in [4.69, 9.17) is 5.10 Å². The Balaban J connectivity index is 1.39. The van der Waals surface area contributed by atoms with Crippen molar-refractivity contribution in [3.05, 3.63) is 119 Å². The SMILES string of the molecule is CCCCN(CCCC)C(=O)c1cc(C)n(-c2ccc(NS(=O)c3cccc4ccccc34)cc2C(=O)N2Cc3ccccc3C[C@H]2CO)n1. The van der Waals surface area contributed by atoms with E-state index in [-0.39, 0.29) is 18.4 Å². The number of anilines is 1. The van der Waals surface area contributed by atoms with E-state index in [0.717, 1.165) is 47.6 Å². The number of aliphatic hydroxyl groups excluding tert-OH is 1. The van der Waals surface area contributed by atoms with Gasteiger partial charge in [-0.3, -0.25) is 9.59 Å². The van der Waals surface area contributed by atoms with Crippen molar-refractivity contribution in [1.29, 1.82) is 0 Å². The van der Waals surface area contributed by atoms with Crippen molar-refractivity contribution in [1.82, 2.24) is 19.6 Å². The summed E-state index contributed by atoms with van der Waals surface area (Å²) in [6.45, 7) is 7.57. The molecule has 0 bridgehead atoms. The van der Waals surface area contributed by atoms with E-state index in [1.807, 2.05) is 78.6 Å². The maximum atomic E-state index is 14.6. The van der Waals surface area contributed by atoms with Crippen LogP contribution < -0.4 is 4.72 Å². The van der Waals surface area contributed by atoms with Crippen LogP contribution in [0.1, 0.15) is 77.2 Å². The second kappa shape index (κ2) is 15.8. The number of carbonyl (C=O) groups is 2. The number of nitrogens with zero attached hydrogens (tertiary/aromatic N) is 4. The van der Waals surface area contributed by atoms with Gasteiger partial charge in [0.25, 0.3) is 11.8 Å². The van der Waals surface area contributed by atoms with Crippen molar-refractivity contribution >= 4 is 39.3 Å². The predicted molar refractivity (Wildman–Crippen MR) is 199 cm³/mol. The normalized spacial score (nSPS) is 14.7. The molecule has 9 nitrogen and oxygen atoms in total. The Morgan fingerprint density at radius 3 is 2.36 bits per heavy atom. The topological polar surface area (TPSA) is 108 Å². The number of benzene rings is 4. The Hall–Kier alpha value is -4.80. The van der Waals surface area contributed by atoms with Gasteiger partial charge in [-0.15, -0.1) is 0 Å². The number of amides is 2. The molecule has 0 saturated heterocycles. The molecule has 0 aliphatic carbocycles. The Morgan fingerprint density at radius 1 is 0.920 bits per heavy atom. The second-order valence-electron chi connectivity index (χ2n) is 12.9. The number of fused-ring (bicyclic) bond motifs is 2. The lowest BCUT2D eigenvalue weighted by atomic mass is 9.93. The lowest BCUT2D eigenvalue weighted by molar-refractivity contribution is 0.0544. The van der Waals surface area contributed by atoms with Gasteiger partial charge in [0, 0.05) is 31.0 Å². The predicted octanol–water partition coefficient (Wildman–Crippen LogP) is 7.07. The van der Waals surface area contributed by atoms with Gasteiger partial charge in [0.1, 0.15) is 0 Å². The molecule has 260 valence electrons. The maximum Gasteiger partial charge on any atom is 0.274 e. The summed E-state index contributed by atoms with van der Waals surface area (Å²) in [4.78, 5) is 32.6. The highest BCUT2D eigenvalue weighted by atomic mass is 32.2. The van der Waals surface area contributed by atoms with Crippen LogP contribution in [0.3, 0.4) is 0 Å². The standard InChI is InChI=1S/C40H45N5O4S/c1-4-6-21-43(22-7-5-2)40(48)36-23-28(3)45(41-36)37-20-19-32(42-50(49)38-18-12-16-29-13-10-11-17-34(29)38)25-35(37)39(47)44-26-31-15-9-8-14-30(31)24-33(44)27-46/h8-20,23,25,33,42,46H,4-7,21-22,24,26-27H2,1-3H3/t33-,50?/m0/s1. The fourth-order valence-corrected chi connectivity index (χ4v) is 7.65. The summed E-state index contributed by atoms with van der Waals surface area (Å²) in [6.07, 6.45) is 4.31. The number of unbranched alkanes of at least 4 members (excludes halogenated alkanes) is 2. The molecule has 2 N–H and O–H groups in total. The Morgan fingerprint density at radius 2 is 1.62 bits per heavy atom. The monoisotopic (exact) mass is 691 g/mol. The van der Waals surface area contributed by atoms with E-state index < -0.39 is 17.0 Å². The van der Waals surface area contributed by atoms with Gasteiger partial charge in [-0.2, -0.15) is 5.10 Å². The number of aromatic nitrogens is 2. The van der Waals surface area contributed by atoms with Gasteiger partial charge in [-0.05, 0) is 78.4 Å². The molecule has 5 aromatic rings. The summed E-state index contributed by atoms with van der Waals surface area (Å²) in [5.74, 6) is -0.415. The summed E-state index contributed by atoms with van der Waals surface area (Å²) < 4.78 is 18.5. The van der Waals surface area contributed by atoms with Gasteiger partial charge < -0.3 is 19.6 Å². The number of nitrogens with one attached hydrogen (secondary N) is 1. The van der Waals surface area contributed by atoms with Crippen molar-refractivity contribution in [2.75, 3.05) is 24.4 Å². The molecular formula is C40H45N5O4S. The summed E-state index contributed by atoms with van der Waals surface area (Å²) in [6, 6.07) is 28.1. The minimum Gasteiger partial charge on any atom is -0.394 e. The van der Waals surface area contributed by atoms with Crippen LogP contribution in [0.15, 0.2) is 95.9 Å². The number of hydrogen-bond donors (Lipinski definition) is 2. The van der Waals surface area contributed by atoms with Gasteiger partial charge in [0.2, 0.25) is 0 Å². The molecular weight excluding hydrogens is 647 g/mol. The molecule has 6 rings (SSSR count). The van der Waals surface area contributed by atoms with E-state index in [1.165, 1.54) is 0 Å². The minimum absolute atomic E-state index is 0.127. The molecule has 0 fully saturated rings. The van der Waals surface area contributed by atoms with Crippen molar-refractivity contribution in [2.24, 2.45) is 0 Å². The largest absolute Gasteiger partial charge is 0.394 e. The van der Waals surface area contributed by atoms with E-state index in [2.05, 4.69) is 18.6 Å². The molecule has 1 aliphatic heterocycles. The summed E-state index contributed by atoms with van der Waals surface area (Å²) in [7, 11) is -1.63. The average Bonchev–Trinajstić information content (AvgIpc) is 3.54. The first-order valence-electron chi connectivity index (χ1n) is 17.5. The van der Waals surface area contributed by atoms with Crippen LogP contribution in [0.2, 0.25) is 0 Å². The molecule has 0 saturated carbocycles. The van der Waals surface area contributed by atoms with Crippen LogP contribution >= 0.6 is 0 Å². The molecule has 2 atom stereocenters. The highest BCUT2D eigenvalue weighted by molar-refractivity contribution is 7.86. The van der Waals surface area contributed by atoms with Crippen LogP contribution in [-0.4, -0.2) is 66.4 Å². The summed E-state index contributed by atoms with van der Waals surface area (Å²) in [5, 5.41) is 17.1. The number of aliphatic hydroxyl groups is 1. The molecule has 2 amide bonds. The third kappa shape index (κ3) is 7.37. The van der Waals surface area contributed by atoms with Gasteiger partial charge in [0.05, 0.1) is 28.8 Å². The molecule has 1 aromatic heterocycles. The zero-order valence-electron chi connectivity index (χ0n) is 29.0. The summed E-state index contributed by atoms with van der Waals surface area (Å²) >= 11 is 0. The average molecular weight is 692 g/mol. The van der Waals surface area contributed by atoms with E-state index in [1.54, 1.807) is 33.8 Å². The minimum atomic E-state index is -1.63. The molecule has 4 aromatic carbocycles.